The van der Waals surface area contributed by atoms with Gasteiger partial charge in [-0.3, -0.25) is 0 Å². The predicted octanol–water partition coefficient (Wildman–Crippen LogP) is 3.66. The van der Waals surface area contributed by atoms with Gasteiger partial charge in [0.05, 0.1) is 12.8 Å². The zero-order valence-corrected chi connectivity index (χ0v) is 12.3. The Morgan fingerprint density at radius 1 is 1.09 bits per heavy atom. The summed E-state index contributed by atoms with van der Waals surface area (Å²) in [5, 5.41) is 6.92. The van der Waals surface area contributed by atoms with E-state index in [0.29, 0.717) is 28.9 Å². The maximum Gasteiger partial charge on any atom is 0.159 e. The predicted molar refractivity (Wildman–Crippen MR) is 87.2 cm³/mol. The highest BCUT2D eigenvalue weighted by Crippen LogP contribution is 2.26. The molecule has 0 saturated carbocycles. The van der Waals surface area contributed by atoms with Gasteiger partial charge in [-0.05, 0) is 36.4 Å². The third kappa shape index (κ3) is 3.29. The number of benzene rings is 1. The summed E-state index contributed by atoms with van der Waals surface area (Å²) in [7, 11) is 0. The Morgan fingerprint density at radius 2 is 1.86 bits per heavy atom. The maximum absolute atomic E-state index is 6.09. The van der Waals surface area contributed by atoms with Crippen LogP contribution in [0.3, 0.4) is 0 Å². The molecule has 6 nitrogen and oxygen atoms in total. The summed E-state index contributed by atoms with van der Waals surface area (Å²) < 4.78 is 5.26. The summed E-state index contributed by atoms with van der Waals surface area (Å²) in [4.78, 5) is 8.30. The average Bonchev–Trinajstić information content (AvgIpc) is 3.04. The van der Waals surface area contributed by atoms with Gasteiger partial charge in [0.15, 0.2) is 11.6 Å². The molecule has 3 rings (SSSR count). The van der Waals surface area contributed by atoms with Crippen molar-refractivity contribution >= 4 is 34.6 Å². The minimum absolute atomic E-state index is 0.434. The van der Waals surface area contributed by atoms with Gasteiger partial charge in [-0.25, -0.2) is 9.97 Å². The first kappa shape index (κ1) is 14.2. The second-order valence-corrected chi connectivity index (χ2v) is 4.99. The van der Waals surface area contributed by atoms with E-state index < -0.39 is 0 Å². The zero-order valence-electron chi connectivity index (χ0n) is 11.6. The molecule has 0 spiro atoms. The minimum Gasteiger partial charge on any atom is -0.467 e. The number of nitrogen functional groups attached to an aromatic ring is 1. The topological polar surface area (TPSA) is 89.0 Å². The van der Waals surface area contributed by atoms with Gasteiger partial charge in [-0.15, -0.1) is 0 Å². The van der Waals surface area contributed by atoms with Crippen molar-refractivity contribution in [2.45, 2.75) is 6.54 Å². The van der Waals surface area contributed by atoms with Crippen LogP contribution < -0.4 is 16.4 Å². The number of halogens is 1. The molecule has 0 saturated heterocycles. The summed E-state index contributed by atoms with van der Waals surface area (Å²) in [6.07, 6.45) is 3.06. The molecule has 0 bridgehead atoms. The highest BCUT2D eigenvalue weighted by molar-refractivity contribution is 6.30. The lowest BCUT2D eigenvalue weighted by Gasteiger charge is -2.12. The monoisotopic (exact) mass is 315 g/mol. The number of nitrogens with one attached hydrogen (secondary N) is 2. The van der Waals surface area contributed by atoms with Crippen molar-refractivity contribution in [1.29, 1.82) is 0 Å². The molecule has 7 heteroatoms. The van der Waals surface area contributed by atoms with Crippen LogP contribution in [0.4, 0.5) is 23.0 Å². The van der Waals surface area contributed by atoms with Crippen molar-refractivity contribution in [2.75, 3.05) is 16.4 Å². The smallest absolute Gasteiger partial charge is 0.159 e. The molecular weight excluding hydrogens is 302 g/mol. The van der Waals surface area contributed by atoms with E-state index in [9.17, 15) is 0 Å². The number of furan rings is 1. The van der Waals surface area contributed by atoms with Crippen molar-refractivity contribution < 1.29 is 4.42 Å². The van der Waals surface area contributed by atoms with Crippen LogP contribution in [0.1, 0.15) is 5.76 Å². The van der Waals surface area contributed by atoms with Crippen LogP contribution in [0.5, 0.6) is 0 Å². The average molecular weight is 316 g/mol. The summed E-state index contributed by atoms with van der Waals surface area (Å²) >= 11 is 5.86. The lowest BCUT2D eigenvalue weighted by atomic mass is 10.3. The summed E-state index contributed by atoms with van der Waals surface area (Å²) in [5.41, 5.74) is 7.37. The number of nitrogens with two attached hydrogens (primary N) is 1. The van der Waals surface area contributed by atoms with Crippen LogP contribution in [0, 0.1) is 0 Å². The van der Waals surface area contributed by atoms with Gasteiger partial charge < -0.3 is 20.8 Å². The number of hydrogen-bond acceptors (Lipinski definition) is 6. The molecule has 4 N–H and O–H groups in total. The second-order valence-electron chi connectivity index (χ2n) is 4.55. The highest BCUT2D eigenvalue weighted by Gasteiger charge is 2.08. The van der Waals surface area contributed by atoms with Gasteiger partial charge in [0, 0.05) is 10.7 Å². The first-order chi connectivity index (χ1) is 10.7. The van der Waals surface area contributed by atoms with Crippen molar-refractivity contribution in [3.63, 3.8) is 0 Å². The van der Waals surface area contributed by atoms with E-state index in [1.165, 1.54) is 6.33 Å². The van der Waals surface area contributed by atoms with Crippen LogP contribution in [0.25, 0.3) is 0 Å². The normalized spacial score (nSPS) is 10.4. The van der Waals surface area contributed by atoms with Crippen molar-refractivity contribution in [1.82, 2.24) is 9.97 Å². The van der Waals surface area contributed by atoms with Gasteiger partial charge in [-0.2, -0.15) is 0 Å². The van der Waals surface area contributed by atoms with E-state index in [4.69, 9.17) is 21.8 Å². The van der Waals surface area contributed by atoms with Gasteiger partial charge in [0.25, 0.3) is 0 Å². The fraction of sp³-hybridized carbons (Fsp3) is 0.0667. The van der Waals surface area contributed by atoms with E-state index >= 15 is 0 Å². The molecular formula is C15H14ClN5O. The third-order valence-electron chi connectivity index (χ3n) is 3.00. The maximum atomic E-state index is 6.09. The quantitative estimate of drug-likeness (QED) is 0.666. The lowest BCUT2D eigenvalue weighted by molar-refractivity contribution is 0.518. The summed E-state index contributed by atoms with van der Waals surface area (Å²) in [6, 6.07) is 11.0. The molecule has 2 heterocycles. The molecule has 112 valence electrons. The molecule has 1 aromatic carbocycles. The van der Waals surface area contributed by atoms with E-state index in [-0.39, 0.29) is 0 Å². The van der Waals surface area contributed by atoms with Crippen molar-refractivity contribution in [2.24, 2.45) is 0 Å². The minimum atomic E-state index is 0.434. The standard InChI is InChI=1S/C15H14ClN5O/c16-10-3-5-11(6-4-10)21-15-13(17)14(19-9-20-15)18-8-12-2-1-7-22-12/h1-7,9H,8,17H2,(H2,18,19,20,21). The number of aromatic nitrogens is 2. The SMILES string of the molecule is Nc1c(NCc2ccco2)ncnc1Nc1ccc(Cl)cc1. The van der Waals surface area contributed by atoms with E-state index in [2.05, 4.69) is 20.6 Å². The van der Waals surface area contributed by atoms with E-state index in [1.807, 2.05) is 24.3 Å². The van der Waals surface area contributed by atoms with Crippen molar-refractivity contribution in [3.05, 3.63) is 59.8 Å². The van der Waals surface area contributed by atoms with Crippen LogP contribution in [-0.2, 0) is 6.54 Å². The fourth-order valence-electron chi connectivity index (χ4n) is 1.89. The largest absolute Gasteiger partial charge is 0.467 e. The summed E-state index contributed by atoms with van der Waals surface area (Å²) in [6.45, 7) is 0.495. The first-order valence-corrected chi connectivity index (χ1v) is 6.99. The molecule has 0 amide bonds. The van der Waals surface area contributed by atoms with E-state index in [1.54, 1.807) is 18.4 Å². The number of hydrogen-bond donors (Lipinski definition) is 3. The highest BCUT2D eigenvalue weighted by atomic mass is 35.5. The van der Waals surface area contributed by atoms with Gasteiger partial charge in [-0.1, -0.05) is 11.6 Å². The fourth-order valence-corrected chi connectivity index (χ4v) is 2.02. The molecule has 2 aromatic heterocycles. The number of anilines is 4. The molecule has 0 atom stereocenters. The number of nitrogens with zero attached hydrogens (tertiary/aromatic N) is 2. The molecule has 0 aliphatic carbocycles. The van der Waals surface area contributed by atoms with Crippen LogP contribution in [0.15, 0.2) is 53.4 Å². The Bertz CT molecular complexity index is 743. The molecule has 0 aliphatic rings. The van der Waals surface area contributed by atoms with Crippen molar-refractivity contribution in [3.8, 4) is 0 Å². The van der Waals surface area contributed by atoms with Gasteiger partial charge >= 0.3 is 0 Å². The lowest BCUT2D eigenvalue weighted by Crippen LogP contribution is -2.07. The van der Waals surface area contributed by atoms with Crippen LogP contribution >= 0.6 is 11.6 Å². The molecule has 0 fully saturated rings. The molecule has 0 radical (unpaired) electrons. The third-order valence-corrected chi connectivity index (χ3v) is 3.25. The Balaban J connectivity index is 1.75. The Hall–Kier alpha value is -2.73. The van der Waals surface area contributed by atoms with Gasteiger partial charge in [0.2, 0.25) is 0 Å². The molecule has 3 aromatic rings. The first-order valence-electron chi connectivity index (χ1n) is 6.61. The molecule has 22 heavy (non-hydrogen) atoms. The van der Waals surface area contributed by atoms with Crippen LogP contribution in [-0.4, -0.2) is 9.97 Å². The second kappa shape index (κ2) is 6.36. The zero-order chi connectivity index (χ0) is 15.4. The Kier molecular flexibility index (Phi) is 4.11. The Morgan fingerprint density at radius 3 is 2.59 bits per heavy atom. The molecule has 0 unspecified atom stereocenters. The molecule has 0 aliphatic heterocycles. The Labute approximate surface area is 132 Å². The summed E-state index contributed by atoms with van der Waals surface area (Å²) in [5.74, 6) is 1.87. The van der Waals surface area contributed by atoms with Crippen LogP contribution in [0.2, 0.25) is 5.02 Å². The number of rotatable bonds is 5. The van der Waals surface area contributed by atoms with E-state index in [0.717, 1.165) is 11.4 Å². The van der Waals surface area contributed by atoms with Gasteiger partial charge in [0.1, 0.15) is 17.8 Å².